The number of H-pyrrole nitrogens is 1. The molecule has 0 saturated heterocycles. The molecule has 1 N–H and O–H groups in total. The lowest BCUT2D eigenvalue weighted by atomic mass is 10.1. The van der Waals surface area contributed by atoms with Gasteiger partial charge in [-0.05, 0) is 26.2 Å². The number of hydrogen-bond donors (Lipinski definition) is 1. The van der Waals surface area contributed by atoms with Gasteiger partial charge in [0.25, 0.3) is 0 Å². The number of rotatable bonds is 9. The lowest BCUT2D eigenvalue weighted by Crippen LogP contribution is -2.12. The summed E-state index contributed by atoms with van der Waals surface area (Å²) in [6, 6.07) is 0. The van der Waals surface area contributed by atoms with Crippen molar-refractivity contribution in [1.29, 1.82) is 0 Å². The first-order chi connectivity index (χ1) is 9.58. The highest BCUT2D eigenvalue weighted by Gasteiger charge is 2.19. The van der Waals surface area contributed by atoms with Gasteiger partial charge < -0.3 is 9.72 Å². The van der Waals surface area contributed by atoms with Gasteiger partial charge in [-0.25, -0.2) is 9.78 Å². The summed E-state index contributed by atoms with van der Waals surface area (Å²) in [5.41, 5.74) is 1.32. The van der Waals surface area contributed by atoms with Crippen LogP contribution in [0.25, 0.3) is 0 Å². The summed E-state index contributed by atoms with van der Waals surface area (Å²) < 4.78 is 5.51. The summed E-state index contributed by atoms with van der Waals surface area (Å²) in [7, 11) is 0. The second-order valence-corrected chi connectivity index (χ2v) is 5.21. The van der Waals surface area contributed by atoms with E-state index in [1.807, 2.05) is 0 Å². The Morgan fingerprint density at radius 2 is 2.10 bits per heavy atom. The zero-order valence-corrected chi connectivity index (χ0v) is 12.9. The molecule has 4 nitrogen and oxygen atoms in total. The van der Waals surface area contributed by atoms with Crippen molar-refractivity contribution < 1.29 is 9.53 Å². The average Bonchev–Trinajstić information content (AvgIpc) is 2.89. The summed E-state index contributed by atoms with van der Waals surface area (Å²) >= 11 is 0. The molecule has 1 atom stereocenters. The van der Waals surface area contributed by atoms with Crippen molar-refractivity contribution in [3.8, 4) is 0 Å². The maximum absolute atomic E-state index is 11.7. The summed E-state index contributed by atoms with van der Waals surface area (Å²) in [5.74, 6) is 0.630. The summed E-state index contributed by atoms with van der Waals surface area (Å²) in [4.78, 5) is 19.4. The topological polar surface area (TPSA) is 55.0 Å². The first-order valence-corrected chi connectivity index (χ1v) is 7.48. The van der Waals surface area contributed by atoms with E-state index < -0.39 is 0 Å². The smallest absolute Gasteiger partial charge is 0.333 e. The number of carbonyl (C=O) groups is 1. The third-order valence-electron chi connectivity index (χ3n) is 3.18. The molecule has 1 aromatic heterocycles. The Kier molecular flexibility index (Phi) is 7.05. The van der Waals surface area contributed by atoms with Gasteiger partial charge in [0.05, 0.1) is 11.9 Å². The van der Waals surface area contributed by atoms with Crippen molar-refractivity contribution in [2.45, 2.75) is 65.4 Å². The van der Waals surface area contributed by atoms with Crippen molar-refractivity contribution in [1.82, 2.24) is 9.97 Å². The number of aromatic nitrogens is 2. The molecule has 0 radical (unpaired) electrons. The fourth-order valence-corrected chi connectivity index (χ4v) is 1.91. The molecular formula is C16H26N2O2. The van der Waals surface area contributed by atoms with E-state index in [0.717, 1.165) is 50.0 Å². The molecule has 0 aliphatic heterocycles. The van der Waals surface area contributed by atoms with Crippen LogP contribution in [0.15, 0.2) is 18.3 Å². The van der Waals surface area contributed by atoms with Crippen molar-refractivity contribution in [3.05, 3.63) is 29.9 Å². The number of imidazole rings is 1. The number of aromatic amines is 1. The molecule has 0 bridgehead atoms. The quantitative estimate of drug-likeness (QED) is 0.546. The second kappa shape index (κ2) is 8.56. The zero-order chi connectivity index (χ0) is 15.0. The maximum atomic E-state index is 11.7. The van der Waals surface area contributed by atoms with Crippen molar-refractivity contribution in [3.63, 3.8) is 0 Å². The zero-order valence-electron chi connectivity index (χ0n) is 12.9. The molecule has 0 aliphatic carbocycles. The Labute approximate surface area is 121 Å². The Hall–Kier alpha value is -1.58. The van der Waals surface area contributed by atoms with E-state index in [9.17, 15) is 4.79 Å². The monoisotopic (exact) mass is 278 g/mol. The van der Waals surface area contributed by atoms with Gasteiger partial charge in [-0.3, -0.25) is 0 Å². The highest BCUT2D eigenvalue weighted by Crippen LogP contribution is 2.23. The molecule has 0 aliphatic rings. The number of carbonyl (C=O) groups excluding carboxylic acids is 1. The lowest BCUT2D eigenvalue weighted by molar-refractivity contribution is -0.145. The highest BCUT2D eigenvalue weighted by atomic mass is 16.5. The van der Waals surface area contributed by atoms with Gasteiger partial charge in [0.1, 0.15) is 11.9 Å². The van der Waals surface area contributed by atoms with E-state index in [1.165, 1.54) is 0 Å². The van der Waals surface area contributed by atoms with Gasteiger partial charge in [-0.2, -0.15) is 0 Å². The summed E-state index contributed by atoms with van der Waals surface area (Å²) in [6.45, 7) is 9.57. The Balaban J connectivity index is 2.73. The van der Waals surface area contributed by atoms with Gasteiger partial charge in [0, 0.05) is 12.0 Å². The second-order valence-electron chi connectivity index (χ2n) is 5.21. The first kappa shape index (κ1) is 16.5. The fourth-order valence-electron chi connectivity index (χ4n) is 1.91. The number of aryl methyl sites for hydroxylation is 1. The Bertz CT molecular complexity index is 437. The molecule has 0 spiro atoms. The van der Waals surface area contributed by atoms with Gasteiger partial charge >= 0.3 is 5.97 Å². The van der Waals surface area contributed by atoms with Crippen molar-refractivity contribution >= 4 is 5.97 Å². The third-order valence-corrected chi connectivity index (χ3v) is 3.18. The molecule has 1 aromatic rings. The van der Waals surface area contributed by atoms with Gasteiger partial charge in [0.2, 0.25) is 0 Å². The Morgan fingerprint density at radius 3 is 2.70 bits per heavy atom. The lowest BCUT2D eigenvalue weighted by Gasteiger charge is -2.16. The van der Waals surface area contributed by atoms with E-state index in [2.05, 4.69) is 30.4 Å². The number of hydrogen-bond acceptors (Lipinski definition) is 3. The van der Waals surface area contributed by atoms with E-state index in [4.69, 9.17) is 4.74 Å². The number of nitrogens with zero attached hydrogens (tertiary/aromatic N) is 1. The fraction of sp³-hybridized carbons (Fsp3) is 0.625. The molecule has 1 unspecified atom stereocenters. The SMILES string of the molecule is C=C(C)C(=O)OC(CCCC)c1cnc(CCCC)[nH]1. The number of unbranched alkanes of at least 4 members (excludes halogenated alkanes) is 2. The van der Waals surface area contributed by atoms with Crippen LogP contribution in [0.5, 0.6) is 0 Å². The number of nitrogens with one attached hydrogen (secondary N) is 1. The van der Waals surface area contributed by atoms with Crippen LogP contribution < -0.4 is 0 Å². The van der Waals surface area contributed by atoms with Gasteiger partial charge in [0.15, 0.2) is 0 Å². The molecule has 20 heavy (non-hydrogen) atoms. The molecule has 0 aromatic carbocycles. The van der Waals surface area contributed by atoms with Crippen LogP contribution in [0, 0.1) is 0 Å². The molecule has 4 heteroatoms. The van der Waals surface area contributed by atoms with E-state index in [0.29, 0.717) is 5.57 Å². The molecule has 0 amide bonds. The molecular weight excluding hydrogens is 252 g/mol. The van der Waals surface area contributed by atoms with E-state index >= 15 is 0 Å². The minimum absolute atomic E-state index is 0.248. The molecule has 1 rings (SSSR count). The number of esters is 1. The van der Waals surface area contributed by atoms with Gasteiger partial charge in [-0.1, -0.05) is 33.3 Å². The van der Waals surface area contributed by atoms with Crippen LogP contribution in [-0.4, -0.2) is 15.9 Å². The molecule has 1 heterocycles. The highest BCUT2D eigenvalue weighted by molar-refractivity contribution is 5.87. The van der Waals surface area contributed by atoms with Crippen LogP contribution in [0.1, 0.15) is 70.5 Å². The third kappa shape index (κ3) is 5.19. The summed E-state index contributed by atoms with van der Waals surface area (Å²) in [5, 5.41) is 0. The van der Waals surface area contributed by atoms with Crippen molar-refractivity contribution in [2.24, 2.45) is 0 Å². The minimum Gasteiger partial charge on any atom is -0.453 e. The normalized spacial score (nSPS) is 12.2. The van der Waals surface area contributed by atoms with Crippen LogP contribution in [0.3, 0.4) is 0 Å². The Morgan fingerprint density at radius 1 is 1.40 bits per heavy atom. The molecule has 0 fully saturated rings. The predicted molar refractivity (Wildman–Crippen MR) is 80.4 cm³/mol. The average molecular weight is 278 g/mol. The maximum Gasteiger partial charge on any atom is 0.333 e. The standard InChI is InChI=1S/C16H26N2O2/c1-5-7-9-14(20-16(19)12(3)4)13-11-17-15(18-13)10-8-6-2/h11,14H,3,5-10H2,1-2,4H3,(H,17,18). The van der Waals surface area contributed by atoms with Gasteiger partial charge in [-0.15, -0.1) is 0 Å². The van der Waals surface area contributed by atoms with Crippen LogP contribution >= 0.6 is 0 Å². The predicted octanol–water partition coefficient (Wildman–Crippen LogP) is 4.10. The van der Waals surface area contributed by atoms with E-state index in [-0.39, 0.29) is 12.1 Å². The molecule has 112 valence electrons. The van der Waals surface area contributed by atoms with E-state index in [1.54, 1.807) is 13.1 Å². The largest absolute Gasteiger partial charge is 0.453 e. The summed E-state index contributed by atoms with van der Waals surface area (Å²) in [6.07, 6.45) is 7.61. The minimum atomic E-state index is -0.337. The number of ether oxygens (including phenoxy) is 1. The van der Waals surface area contributed by atoms with Crippen LogP contribution in [-0.2, 0) is 16.0 Å². The first-order valence-electron chi connectivity index (χ1n) is 7.48. The molecule has 0 saturated carbocycles. The van der Waals surface area contributed by atoms with Crippen LogP contribution in [0.4, 0.5) is 0 Å². The van der Waals surface area contributed by atoms with Crippen LogP contribution in [0.2, 0.25) is 0 Å². The van der Waals surface area contributed by atoms with Crippen molar-refractivity contribution in [2.75, 3.05) is 0 Å².